The van der Waals surface area contributed by atoms with Gasteiger partial charge in [0.15, 0.2) is 0 Å². The molecule has 0 aromatic heterocycles. The van der Waals surface area contributed by atoms with Crippen LogP contribution in [-0.2, 0) is 63.8 Å². The SMILES string of the molecule is CC[C@H](C)[C@@H]([C@@H](CC(=O)N1CCC[C@H]1[C@H](OC)[C@@H](C)C(=O)N[C@@H](Cc1ccccc1)C(=O)Nc1ccc(NC(=O)[C@H](CCCNC(N)=O)NC(=O)[C@@H](NC(=O)CCCCCN2C(=O)C=CC2=O)C(C)C)cc1)OC)N(C)C(=O)[C@@H](NC(=O)C(C(C)C)N(C)C)C(C)C. The number of primary amides is 1. The molecule has 0 aliphatic carbocycles. The van der Waals surface area contributed by atoms with E-state index in [1.807, 2.05) is 90.9 Å². The number of rotatable bonds is 38. The van der Waals surface area contributed by atoms with E-state index in [0.29, 0.717) is 56.4 Å². The molecule has 9 N–H and O–H groups in total. The predicted octanol–water partition coefficient (Wildman–Crippen LogP) is 4.50. The third-order valence-corrected chi connectivity index (χ3v) is 17.3. The van der Waals surface area contributed by atoms with Gasteiger partial charge in [0.25, 0.3) is 11.8 Å². The number of benzene rings is 2. The monoisotopic (exact) mass is 1280 g/mol. The minimum absolute atomic E-state index is 0.00816. The van der Waals surface area contributed by atoms with Gasteiger partial charge >= 0.3 is 6.03 Å². The lowest BCUT2D eigenvalue weighted by Crippen LogP contribution is -2.59. The van der Waals surface area contributed by atoms with Crippen molar-refractivity contribution < 1.29 is 62.2 Å². The Labute approximate surface area is 543 Å². The summed E-state index contributed by atoms with van der Waals surface area (Å²) in [5.41, 5.74) is 6.68. The maximum Gasteiger partial charge on any atom is 0.312 e. The molecule has 92 heavy (non-hydrogen) atoms. The first-order valence-corrected chi connectivity index (χ1v) is 32.4. The molecule has 2 aliphatic heterocycles. The van der Waals surface area contributed by atoms with Crippen molar-refractivity contribution in [3.05, 3.63) is 72.3 Å². The smallest absolute Gasteiger partial charge is 0.312 e. The molecule has 12 amide bonds. The van der Waals surface area contributed by atoms with Crippen molar-refractivity contribution >= 4 is 76.5 Å². The van der Waals surface area contributed by atoms with Crippen molar-refractivity contribution in [2.75, 3.05) is 65.6 Å². The van der Waals surface area contributed by atoms with Crippen molar-refractivity contribution in [1.29, 1.82) is 0 Å². The number of anilines is 2. The Morgan fingerprint density at radius 2 is 1.25 bits per heavy atom. The highest BCUT2D eigenvalue weighted by atomic mass is 16.5. The molecule has 4 rings (SSSR count). The van der Waals surface area contributed by atoms with Gasteiger partial charge in [-0.05, 0) is 106 Å². The van der Waals surface area contributed by atoms with Crippen molar-refractivity contribution in [2.45, 2.75) is 187 Å². The number of nitrogens with one attached hydrogen (secondary N) is 7. The van der Waals surface area contributed by atoms with Crippen LogP contribution in [0.25, 0.3) is 0 Å². The zero-order chi connectivity index (χ0) is 68.5. The fraction of sp³-hybridized carbons (Fsp3) is 0.627. The molecule has 11 atom stereocenters. The van der Waals surface area contributed by atoms with E-state index >= 15 is 0 Å². The summed E-state index contributed by atoms with van der Waals surface area (Å²) in [4.78, 5) is 154. The number of nitrogens with two attached hydrogens (primary N) is 1. The van der Waals surface area contributed by atoms with E-state index in [4.69, 9.17) is 15.2 Å². The summed E-state index contributed by atoms with van der Waals surface area (Å²) in [5.74, 6) is -5.72. The van der Waals surface area contributed by atoms with Gasteiger partial charge in [-0.3, -0.25) is 57.7 Å². The van der Waals surface area contributed by atoms with E-state index in [-0.39, 0.29) is 104 Å². The van der Waals surface area contributed by atoms with E-state index in [0.717, 1.165) is 10.5 Å². The first kappa shape index (κ1) is 76.7. The molecule has 1 fully saturated rings. The lowest BCUT2D eigenvalue weighted by molar-refractivity contribution is -0.148. The number of urea groups is 1. The summed E-state index contributed by atoms with van der Waals surface area (Å²) < 4.78 is 12.2. The fourth-order valence-corrected chi connectivity index (χ4v) is 12.1. The highest BCUT2D eigenvalue weighted by Crippen LogP contribution is 2.30. The molecule has 2 aromatic rings. The minimum Gasteiger partial charge on any atom is -0.379 e. The summed E-state index contributed by atoms with van der Waals surface area (Å²) >= 11 is 0. The molecular weight excluding hydrogens is 1180 g/mol. The fourth-order valence-electron chi connectivity index (χ4n) is 12.1. The number of nitrogens with zero attached hydrogens (tertiary/aromatic N) is 4. The summed E-state index contributed by atoms with van der Waals surface area (Å²) in [6.07, 6.45) is 4.73. The van der Waals surface area contributed by atoms with Gasteiger partial charge < -0.3 is 62.2 Å². The van der Waals surface area contributed by atoms with Crippen molar-refractivity contribution in [3.63, 3.8) is 0 Å². The molecule has 510 valence electrons. The number of hydrogen-bond acceptors (Lipinski definition) is 14. The third-order valence-electron chi connectivity index (χ3n) is 17.3. The third kappa shape index (κ3) is 22.8. The largest absolute Gasteiger partial charge is 0.379 e. The Morgan fingerprint density at radius 3 is 1.78 bits per heavy atom. The van der Waals surface area contributed by atoms with Crippen LogP contribution in [0.3, 0.4) is 0 Å². The number of carbonyl (C=O) groups excluding carboxylic acids is 11. The number of unbranched alkanes of at least 4 members (excludes halogenated alkanes) is 2. The molecule has 25 nitrogen and oxygen atoms in total. The van der Waals surface area contributed by atoms with Crippen LogP contribution in [0.1, 0.15) is 132 Å². The number of likely N-dealkylation sites (N-methyl/N-ethyl adjacent to an activating group) is 2. The summed E-state index contributed by atoms with van der Waals surface area (Å²) in [5, 5.41) is 19.7. The first-order chi connectivity index (χ1) is 43.5. The van der Waals surface area contributed by atoms with E-state index in [2.05, 4.69) is 37.2 Å². The number of amides is 12. The van der Waals surface area contributed by atoms with E-state index < -0.39 is 90.1 Å². The Kier molecular flexibility index (Phi) is 31.4. The second-order valence-electron chi connectivity index (χ2n) is 25.5. The van der Waals surface area contributed by atoms with Gasteiger partial charge in [0.05, 0.1) is 42.7 Å². The quantitative estimate of drug-likeness (QED) is 0.0339. The van der Waals surface area contributed by atoms with E-state index in [1.54, 1.807) is 61.9 Å². The average Bonchev–Trinajstić information content (AvgIpc) is 1.50. The number of methoxy groups -OCH3 is 2. The lowest BCUT2D eigenvalue weighted by Gasteiger charge is -2.41. The molecule has 0 radical (unpaired) electrons. The summed E-state index contributed by atoms with van der Waals surface area (Å²) in [7, 11) is 8.38. The minimum atomic E-state index is -1.13. The summed E-state index contributed by atoms with van der Waals surface area (Å²) in [6, 6.07) is 9.07. The van der Waals surface area contributed by atoms with Crippen LogP contribution in [-0.4, -0.2) is 194 Å². The number of imide groups is 1. The molecule has 2 aliphatic rings. The number of carbonyl (C=O) groups is 11. The molecule has 25 heteroatoms. The van der Waals surface area contributed by atoms with Crippen LogP contribution < -0.4 is 43.0 Å². The second kappa shape index (κ2) is 37.7. The number of likely N-dealkylation sites (tertiary alicyclic amines) is 1. The molecule has 0 saturated carbocycles. The van der Waals surface area contributed by atoms with Gasteiger partial charge in [0.1, 0.15) is 24.2 Å². The normalized spacial score (nSPS) is 17.3. The van der Waals surface area contributed by atoms with Gasteiger partial charge in [-0.15, -0.1) is 0 Å². The van der Waals surface area contributed by atoms with Gasteiger partial charge in [0, 0.05) is 77.3 Å². The van der Waals surface area contributed by atoms with Crippen molar-refractivity contribution in [2.24, 2.45) is 35.3 Å². The highest BCUT2D eigenvalue weighted by molar-refractivity contribution is 6.12. The van der Waals surface area contributed by atoms with Crippen LogP contribution in [0.15, 0.2) is 66.7 Å². The number of ether oxygens (including phenoxy) is 2. The molecule has 0 bridgehead atoms. The Bertz CT molecular complexity index is 2810. The Morgan fingerprint density at radius 1 is 0.663 bits per heavy atom. The van der Waals surface area contributed by atoms with Crippen LogP contribution >= 0.6 is 0 Å². The van der Waals surface area contributed by atoms with Crippen molar-refractivity contribution in [3.8, 4) is 0 Å². The van der Waals surface area contributed by atoms with Crippen LogP contribution in [0.5, 0.6) is 0 Å². The average molecular weight is 1290 g/mol. The lowest BCUT2D eigenvalue weighted by atomic mass is 9.89. The molecular formula is C67H104N12O13. The topological polar surface area (TPSA) is 329 Å². The molecule has 2 aromatic carbocycles. The van der Waals surface area contributed by atoms with E-state index in [9.17, 15) is 52.7 Å². The summed E-state index contributed by atoms with van der Waals surface area (Å²) in [6.45, 7) is 17.6. The zero-order valence-electron chi connectivity index (χ0n) is 56.5. The van der Waals surface area contributed by atoms with Gasteiger partial charge in [-0.25, -0.2) is 4.79 Å². The van der Waals surface area contributed by atoms with Crippen LogP contribution in [0, 0.1) is 29.6 Å². The molecule has 1 saturated heterocycles. The Balaban J connectivity index is 1.45. The standard InChI is InChI=1S/C67H104N12O13/c1-15-43(8)59(77(12)66(89)57(41(4)5)75-65(88)58(42(6)7)76(10)11)51(91-13)39-55(83)78-37-23-27-50(78)60(92-14)44(9)61(84)73-49(38-45-24-18-16-19-25-45)63(86)71-47-31-29-46(30-32-47)70-62(85)48(26-22-35-69-67(68)90)72-64(87)56(40(2)3)74-52(80)28-20-17-21-36-79-53(81)33-34-54(79)82/h16,18-19,24-25,29-34,40-44,48-51,56-60H,15,17,20-23,26-28,35-39H2,1-14H3,(H,70,85)(H,71,86)(H,72,87)(H,73,84)(H,74,80)(H,75,88)(H3,68,69,90)/t43-,44+,48-,49-,50-,51+,56-,57-,58?,59-,60+/m0/s1. The molecule has 2 heterocycles. The van der Waals surface area contributed by atoms with E-state index in [1.165, 1.54) is 26.4 Å². The van der Waals surface area contributed by atoms with Crippen LogP contribution in [0.4, 0.5) is 16.2 Å². The van der Waals surface area contributed by atoms with Gasteiger partial charge in [-0.2, -0.15) is 0 Å². The molecule has 1 unspecified atom stereocenters. The van der Waals surface area contributed by atoms with Gasteiger partial charge in [0.2, 0.25) is 47.3 Å². The maximum absolute atomic E-state index is 14.6. The van der Waals surface area contributed by atoms with Crippen LogP contribution in [0.2, 0.25) is 0 Å². The maximum atomic E-state index is 14.6. The molecule has 0 spiro atoms. The number of hydrogen-bond donors (Lipinski definition) is 8. The predicted molar refractivity (Wildman–Crippen MR) is 351 cm³/mol. The zero-order valence-corrected chi connectivity index (χ0v) is 56.5. The highest BCUT2D eigenvalue weighted by Gasteiger charge is 2.44. The Hall–Kier alpha value is -7.77. The van der Waals surface area contributed by atoms with Crippen molar-refractivity contribution in [1.82, 2.24) is 46.2 Å². The first-order valence-electron chi connectivity index (χ1n) is 32.4. The second-order valence-corrected chi connectivity index (χ2v) is 25.5. The van der Waals surface area contributed by atoms with Gasteiger partial charge in [-0.1, -0.05) is 105 Å².